The average molecular weight is 764 g/mol. The number of rotatable bonds is 23. The quantitative estimate of drug-likeness (QED) is 0.0214. The Morgan fingerprint density at radius 1 is 0.815 bits per heavy atom. The summed E-state index contributed by atoms with van der Waals surface area (Å²) >= 11 is 0. The topological polar surface area (TPSA) is 388 Å². The number of nitrogens with one attached hydrogen (secondary N) is 4. The van der Waals surface area contributed by atoms with Gasteiger partial charge in [0.15, 0.2) is 5.96 Å². The number of aldehydes is 1. The summed E-state index contributed by atoms with van der Waals surface area (Å²) in [5.41, 5.74) is 27.3. The lowest BCUT2D eigenvalue weighted by Gasteiger charge is -2.30. The Labute approximate surface area is 310 Å². The van der Waals surface area contributed by atoms with E-state index >= 15 is 0 Å². The maximum absolute atomic E-state index is 13.6. The van der Waals surface area contributed by atoms with Gasteiger partial charge in [0.2, 0.25) is 41.4 Å². The van der Waals surface area contributed by atoms with Crippen molar-refractivity contribution in [1.29, 1.82) is 0 Å². The van der Waals surface area contributed by atoms with Crippen LogP contribution in [-0.4, -0.2) is 124 Å². The number of guanidine groups is 1. The molecule has 0 aliphatic heterocycles. The van der Waals surface area contributed by atoms with E-state index in [-0.39, 0.29) is 31.1 Å². The van der Waals surface area contributed by atoms with Gasteiger partial charge in [-0.3, -0.25) is 48.2 Å². The number of aliphatic imine (C=N–C) groups is 1. The Balaban J connectivity index is 3.15. The summed E-state index contributed by atoms with van der Waals surface area (Å²) in [5, 5.41) is 28.4. The highest BCUT2D eigenvalue weighted by Crippen LogP contribution is 2.15. The molecule has 298 valence electrons. The lowest BCUT2D eigenvalue weighted by molar-refractivity contribution is -0.151. The molecule has 0 radical (unpaired) electrons. The van der Waals surface area contributed by atoms with E-state index in [0.29, 0.717) is 23.2 Å². The summed E-state index contributed by atoms with van der Waals surface area (Å²) in [5.74, 6) is -8.33. The molecule has 1 aromatic rings. The van der Waals surface area contributed by atoms with Crippen LogP contribution < -0.4 is 49.9 Å². The maximum atomic E-state index is 13.6. The first-order valence-corrected chi connectivity index (χ1v) is 16.6. The Hall–Kier alpha value is -6.16. The molecule has 1 rings (SSSR count). The van der Waals surface area contributed by atoms with Gasteiger partial charge in [-0.05, 0) is 43.9 Å². The normalized spacial score (nSPS) is 14.0. The molecule has 0 heterocycles. The van der Waals surface area contributed by atoms with Crippen LogP contribution >= 0.6 is 0 Å². The number of hydrogen-bond acceptors (Lipinski definition) is 13. The molecule has 0 aliphatic carbocycles. The first-order valence-electron chi connectivity index (χ1n) is 16.6. The summed E-state index contributed by atoms with van der Waals surface area (Å²) in [6.45, 7) is 1.45. The van der Waals surface area contributed by atoms with E-state index in [2.05, 4.69) is 26.3 Å². The van der Waals surface area contributed by atoms with Gasteiger partial charge in [0.1, 0.15) is 36.2 Å². The van der Waals surface area contributed by atoms with E-state index in [1.165, 1.54) is 31.2 Å². The molecule has 0 spiro atoms. The van der Waals surface area contributed by atoms with Crippen LogP contribution in [0.2, 0.25) is 0 Å². The van der Waals surface area contributed by atoms with Crippen molar-refractivity contribution in [2.45, 2.75) is 88.6 Å². The summed E-state index contributed by atoms with van der Waals surface area (Å²) in [4.78, 5) is 118. The van der Waals surface area contributed by atoms with Crippen molar-refractivity contribution in [3.63, 3.8) is 0 Å². The van der Waals surface area contributed by atoms with Crippen molar-refractivity contribution in [2.75, 3.05) is 13.2 Å². The average Bonchev–Trinajstić information content (AvgIpc) is 3.09. The molecule has 22 heteroatoms. The monoisotopic (exact) mass is 763 g/mol. The fourth-order valence-corrected chi connectivity index (χ4v) is 4.82. The zero-order chi connectivity index (χ0) is 41.1. The number of nitrogens with two attached hydrogens (primary N) is 5. The number of nitrogens with zero attached hydrogens (tertiary/aromatic N) is 2. The van der Waals surface area contributed by atoms with Gasteiger partial charge in [-0.1, -0.05) is 12.1 Å². The van der Waals surface area contributed by atoms with Crippen molar-refractivity contribution in [2.24, 2.45) is 33.7 Å². The number of carbonyl (C=O) groups is 9. The summed E-state index contributed by atoms with van der Waals surface area (Å²) in [6.07, 6.45) is -1.20. The number of primary amides is 2. The van der Waals surface area contributed by atoms with Crippen LogP contribution in [0.5, 0.6) is 5.75 Å². The minimum Gasteiger partial charge on any atom is -0.508 e. The third-order valence-electron chi connectivity index (χ3n) is 7.65. The number of hydrogen-bond donors (Lipinski definition) is 11. The minimum atomic E-state index is -1.86. The molecule has 6 atom stereocenters. The number of aliphatic hydroxyl groups is 1. The van der Waals surface area contributed by atoms with E-state index in [1.807, 2.05) is 0 Å². The second-order valence-electron chi connectivity index (χ2n) is 12.1. The fourth-order valence-electron chi connectivity index (χ4n) is 4.82. The molecule has 0 saturated heterocycles. The molecular formula is C32H49N11O11. The van der Waals surface area contributed by atoms with Crippen LogP contribution in [0.4, 0.5) is 0 Å². The van der Waals surface area contributed by atoms with Crippen molar-refractivity contribution in [3.8, 4) is 5.75 Å². The van der Waals surface area contributed by atoms with Gasteiger partial charge in [-0.25, -0.2) is 0 Å². The molecule has 22 nitrogen and oxygen atoms in total. The zero-order valence-corrected chi connectivity index (χ0v) is 29.9. The number of carbonyl (C=O) groups excluding carboxylic acids is 9. The summed E-state index contributed by atoms with van der Waals surface area (Å²) < 4.78 is 0. The Bertz CT molecular complexity index is 1550. The maximum Gasteiger partial charge on any atom is 0.252 e. The number of aliphatic hydroxyl groups excluding tert-OH is 1. The van der Waals surface area contributed by atoms with Gasteiger partial charge in [0.05, 0.1) is 25.1 Å². The fraction of sp³-hybridized carbons (Fsp3) is 0.500. The highest BCUT2D eigenvalue weighted by atomic mass is 16.3. The SMILES string of the molecule is CC(=O)N(C(=O)[C@H](CC(N)=O)NC(=O)[C@H](CCC(N)=O)NC(=O)[C@H](CO)NC(=O)[C@H](C)NC(=O)[C@@H](N)CCCN=C(N)N)[C@H](C=O)Cc1ccc(O)cc1. The van der Waals surface area contributed by atoms with Gasteiger partial charge in [0.25, 0.3) is 5.91 Å². The number of amides is 8. The van der Waals surface area contributed by atoms with Crippen LogP contribution in [0.15, 0.2) is 29.3 Å². The molecule has 54 heavy (non-hydrogen) atoms. The van der Waals surface area contributed by atoms with Crippen LogP contribution in [0.3, 0.4) is 0 Å². The van der Waals surface area contributed by atoms with Gasteiger partial charge < -0.3 is 64.9 Å². The van der Waals surface area contributed by atoms with E-state index in [1.54, 1.807) is 0 Å². The first kappa shape index (κ1) is 45.9. The Morgan fingerprint density at radius 3 is 1.91 bits per heavy atom. The van der Waals surface area contributed by atoms with Crippen molar-refractivity contribution in [1.82, 2.24) is 26.2 Å². The van der Waals surface area contributed by atoms with E-state index in [4.69, 9.17) is 28.7 Å². The van der Waals surface area contributed by atoms with Crippen molar-refractivity contribution < 1.29 is 53.4 Å². The predicted octanol–water partition coefficient (Wildman–Crippen LogP) is -5.65. The molecule has 1 aromatic carbocycles. The molecule has 0 fully saturated rings. The number of benzene rings is 1. The lowest BCUT2D eigenvalue weighted by atomic mass is 10.0. The predicted molar refractivity (Wildman–Crippen MR) is 190 cm³/mol. The van der Waals surface area contributed by atoms with E-state index in [9.17, 15) is 53.4 Å². The number of phenolic OH excluding ortho intramolecular Hbond substituents is 1. The Kier molecular flexibility index (Phi) is 19.3. The second-order valence-corrected chi connectivity index (χ2v) is 12.1. The largest absolute Gasteiger partial charge is 0.508 e. The lowest BCUT2D eigenvalue weighted by Crippen LogP contribution is -2.60. The number of imide groups is 1. The molecule has 0 aromatic heterocycles. The zero-order valence-electron chi connectivity index (χ0n) is 29.9. The van der Waals surface area contributed by atoms with Gasteiger partial charge in [0, 0.05) is 26.3 Å². The minimum absolute atomic E-state index is 0.0800. The highest BCUT2D eigenvalue weighted by Gasteiger charge is 2.36. The third-order valence-corrected chi connectivity index (χ3v) is 7.65. The molecule has 0 aliphatic rings. The number of phenols is 1. The molecule has 0 bridgehead atoms. The molecule has 8 amide bonds. The second kappa shape index (κ2) is 22.7. The van der Waals surface area contributed by atoms with E-state index in [0.717, 1.165) is 6.92 Å². The van der Waals surface area contributed by atoms with Crippen LogP contribution in [0, 0.1) is 0 Å². The highest BCUT2D eigenvalue weighted by molar-refractivity contribution is 6.03. The van der Waals surface area contributed by atoms with Gasteiger partial charge in [-0.15, -0.1) is 0 Å². The number of aromatic hydroxyl groups is 1. The third kappa shape index (κ3) is 16.0. The standard InChI is InChI=1S/C32H49N11O11/c1-16(39-28(51)21(33)4-3-11-38-32(36)37)27(50)42-24(15-45)30(53)40-22(9-10-25(34)48)29(52)41-23(13-26(35)49)31(54)43(17(2)46)19(14-44)12-18-5-7-20(47)8-6-18/h5-8,14,16,19,21-24,45,47H,3-4,9-13,15,33H2,1-2H3,(H2,34,48)(H2,35,49)(H,39,51)(H,40,53)(H,41,52)(H,42,50)(H4,36,37,38)/t16-,19-,21-,22-,23-,24-/m0/s1. The Morgan fingerprint density at radius 2 is 1.39 bits per heavy atom. The van der Waals surface area contributed by atoms with Crippen LogP contribution in [-0.2, 0) is 49.6 Å². The molecular weight excluding hydrogens is 714 g/mol. The summed E-state index contributed by atoms with van der Waals surface area (Å²) in [6, 6.07) is -3.45. The smallest absolute Gasteiger partial charge is 0.252 e. The molecule has 16 N–H and O–H groups in total. The van der Waals surface area contributed by atoms with Crippen molar-refractivity contribution in [3.05, 3.63) is 29.8 Å². The van der Waals surface area contributed by atoms with Gasteiger partial charge >= 0.3 is 0 Å². The molecule has 0 saturated carbocycles. The summed E-state index contributed by atoms with van der Waals surface area (Å²) in [7, 11) is 0. The first-order chi connectivity index (χ1) is 25.3. The van der Waals surface area contributed by atoms with Crippen molar-refractivity contribution >= 4 is 59.5 Å². The van der Waals surface area contributed by atoms with Gasteiger partial charge in [-0.2, -0.15) is 0 Å². The van der Waals surface area contributed by atoms with Crippen LogP contribution in [0.25, 0.3) is 0 Å². The van der Waals surface area contributed by atoms with E-state index < -0.39 is 109 Å². The molecule has 0 unspecified atom stereocenters. The van der Waals surface area contributed by atoms with Crippen LogP contribution in [0.1, 0.15) is 51.5 Å².